The Kier molecular flexibility index (Phi) is 4.30. The summed E-state index contributed by atoms with van der Waals surface area (Å²) in [6.07, 6.45) is 3.59. The minimum atomic E-state index is 0.0461. The third kappa shape index (κ3) is 3.07. The lowest BCUT2D eigenvalue weighted by molar-refractivity contribution is -0.117. The molecule has 0 aliphatic heterocycles. The van der Waals surface area contributed by atoms with Crippen LogP contribution in [0.25, 0.3) is 0 Å². The van der Waals surface area contributed by atoms with E-state index in [1.807, 2.05) is 37.3 Å². The number of nitrogens with zero attached hydrogens (tertiary/aromatic N) is 3. The Labute approximate surface area is 110 Å². The Hall–Kier alpha value is -1.88. The number of hydrogen-bond acceptors (Lipinski definition) is 4. The Morgan fingerprint density at radius 3 is 2.67 bits per heavy atom. The van der Waals surface area contributed by atoms with Gasteiger partial charge in [0, 0.05) is 24.6 Å². The van der Waals surface area contributed by atoms with Crippen LogP contribution in [-0.2, 0) is 4.79 Å². The molecule has 1 aromatic carbocycles. The maximum atomic E-state index is 12.0. The van der Waals surface area contributed by atoms with E-state index in [-0.39, 0.29) is 5.91 Å². The molecule has 0 bridgehead atoms. The number of aromatic nitrogens is 2. The molecule has 0 atom stereocenters. The summed E-state index contributed by atoms with van der Waals surface area (Å²) in [4.78, 5) is 20.0. The second kappa shape index (κ2) is 6.16. The molecular weight excluding hydrogens is 246 g/mol. The molecule has 0 radical (unpaired) electrons. The lowest BCUT2D eigenvalue weighted by Gasteiger charge is -2.19. The summed E-state index contributed by atoms with van der Waals surface area (Å²) in [6, 6.07) is 11.3. The molecule has 92 valence electrons. The van der Waals surface area contributed by atoms with E-state index < -0.39 is 0 Å². The van der Waals surface area contributed by atoms with Crippen LogP contribution in [0.3, 0.4) is 0 Å². The molecule has 0 fully saturated rings. The van der Waals surface area contributed by atoms with Gasteiger partial charge in [0.2, 0.25) is 5.91 Å². The monoisotopic (exact) mass is 259 g/mol. The Balaban J connectivity index is 2.24. The van der Waals surface area contributed by atoms with Crippen LogP contribution in [0.4, 0.5) is 5.69 Å². The van der Waals surface area contributed by atoms with Crippen LogP contribution in [0, 0.1) is 0 Å². The second-order valence-electron chi connectivity index (χ2n) is 3.52. The van der Waals surface area contributed by atoms with Crippen LogP contribution in [0.2, 0.25) is 0 Å². The van der Waals surface area contributed by atoms with E-state index in [4.69, 9.17) is 0 Å². The first kappa shape index (κ1) is 12.6. The quantitative estimate of drug-likeness (QED) is 0.625. The molecule has 4 nitrogen and oxygen atoms in total. The highest BCUT2D eigenvalue weighted by Crippen LogP contribution is 2.27. The summed E-state index contributed by atoms with van der Waals surface area (Å²) in [6.45, 7) is 1.85. The van der Waals surface area contributed by atoms with Gasteiger partial charge in [0.1, 0.15) is 11.4 Å². The number of para-hydroxylation sites is 1. The second-order valence-corrected chi connectivity index (χ2v) is 4.48. The molecule has 0 N–H and O–H groups in total. The standard InChI is InChI=1S/C13H13N3OS/c1-2-13(17)16(11-6-4-3-5-7-11)18-12-8-9-14-10-15-12/h3-10H,2H2,1H3. The molecule has 5 heteroatoms. The fraction of sp³-hybridized carbons (Fsp3) is 0.154. The number of hydrogen-bond donors (Lipinski definition) is 0. The van der Waals surface area contributed by atoms with E-state index in [0.717, 1.165) is 10.7 Å². The first-order valence-electron chi connectivity index (χ1n) is 5.63. The van der Waals surface area contributed by atoms with Gasteiger partial charge in [0.25, 0.3) is 0 Å². The van der Waals surface area contributed by atoms with Crippen molar-refractivity contribution in [2.75, 3.05) is 4.31 Å². The molecule has 0 unspecified atom stereocenters. The first-order valence-corrected chi connectivity index (χ1v) is 6.40. The van der Waals surface area contributed by atoms with Crippen LogP contribution in [0.5, 0.6) is 0 Å². The van der Waals surface area contributed by atoms with Crippen molar-refractivity contribution in [2.45, 2.75) is 18.4 Å². The minimum Gasteiger partial charge on any atom is -0.274 e. The van der Waals surface area contributed by atoms with Crippen LogP contribution < -0.4 is 4.31 Å². The van der Waals surface area contributed by atoms with Crippen molar-refractivity contribution in [3.05, 3.63) is 48.9 Å². The van der Waals surface area contributed by atoms with Crippen molar-refractivity contribution in [1.82, 2.24) is 9.97 Å². The van der Waals surface area contributed by atoms with Crippen LogP contribution >= 0.6 is 11.9 Å². The maximum absolute atomic E-state index is 12.0. The van der Waals surface area contributed by atoms with Gasteiger partial charge in [-0.1, -0.05) is 25.1 Å². The van der Waals surface area contributed by atoms with Crippen LogP contribution in [-0.4, -0.2) is 15.9 Å². The van der Waals surface area contributed by atoms with E-state index in [2.05, 4.69) is 9.97 Å². The van der Waals surface area contributed by atoms with Gasteiger partial charge in [0.15, 0.2) is 0 Å². The summed E-state index contributed by atoms with van der Waals surface area (Å²) in [7, 11) is 0. The smallest absolute Gasteiger partial charge is 0.237 e. The van der Waals surface area contributed by atoms with E-state index in [1.165, 1.54) is 18.3 Å². The fourth-order valence-corrected chi connectivity index (χ4v) is 2.24. The van der Waals surface area contributed by atoms with E-state index in [0.29, 0.717) is 6.42 Å². The van der Waals surface area contributed by atoms with Crippen LogP contribution in [0.15, 0.2) is 53.9 Å². The largest absolute Gasteiger partial charge is 0.274 e. The van der Waals surface area contributed by atoms with Gasteiger partial charge in [-0.25, -0.2) is 14.3 Å². The van der Waals surface area contributed by atoms with Gasteiger partial charge in [-0.15, -0.1) is 0 Å². The predicted molar refractivity (Wildman–Crippen MR) is 72.1 cm³/mol. The average Bonchev–Trinajstić information content (AvgIpc) is 2.46. The Bertz CT molecular complexity index is 504. The average molecular weight is 259 g/mol. The molecular formula is C13H13N3OS. The predicted octanol–water partition coefficient (Wildman–Crippen LogP) is 2.93. The zero-order chi connectivity index (χ0) is 12.8. The lowest BCUT2D eigenvalue weighted by Crippen LogP contribution is -2.22. The normalized spacial score (nSPS) is 10.1. The summed E-state index contributed by atoms with van der Waals surface area (Å²) in [5.41, 5.74) is 0.855. The number of benzene rings is 1. The van der Waals surface area contributed by atoms with Gasteiger partial charge < -0.3 is 0 Å². The van der Waals surface area contributed by atoms with Crippen molar-refractivity contribution >= 4 is 23.5 Å². The molecule has 1 heterocycles. The third-order valence-electron chi connectivity index (χ3n) is 2.26. The van der Waals surface area contributed by atoms with E-state index in [9.17, 15) is 4.79 Å². The zero-order valence-electron chi connectivity index (χ0n) is 9.98. The highest BCUT2D eigenvalue weighted by molar-refractivity contribution is 8.01. The van der Waals surface area contributed by atoms with Gasteiger partial charge in [-0.2, -0.15) is 0 Å². The summed E-state index contributed by atoms with van der Waals surface area (Å²) < 4.78 is 1.66. The molecule has 1 aromatic heterocycles. The van der Waals surface area contributed by atoms with Gasteiger partial charge >= 0.3 is 0 Å². The Morgan fingerprint density at radius 1 is 1.28 bits per heavy atom. The maximum Gasteiger partial charge on any atom is 0.237 e. The Morgan fingerprint density at radius 2 is 2.06 bits per heavy atom. The van der Waals surface area contributed by atoms with Crippen molar-refractivity contribution in [3.63, 3.8) is 0 Å². The highest BCUT2D eigenvalue weighted by atomic mass is 32.2. The van der Waals surface area contributed by atoms with Crippen molar-refractivity contribution in [2.24, 2.45) is 0 Å². The SMILES string of the molecule is CCC(=O)N(Sc1ccncn1)c1ccccc1. The number of carbonyl (C=O) groups is 1. The number of anilines is 1. The summed E-state index contributed by atoms with van der Waals surface area (Å²) >= 11 is 1.31. The van der Waals surface area contributed by atoms with E-state index >= 15 is 0 Å². The summed E-state index contributed by atoms with van der Waals surface area (Å²) in [5, 5.41) is 0.746. The van der Waals surface area contributed by atoms with Crippen molar-refractivity contribution in [1.29, 1.82) is 0 Å². The highest BCUT2D eigenvalue weighted by Gasteiger charge is 2.15. The zero-order valence-corrected chi connectivity index (χ0v) is 10.8. The van der Waals surface area contributed by atoms with Crippen LogP contribution in [0.1, 0.15) is 13.3 Å². The van der Waals surface area contributed by atoms with Crippen molar-refractivity contribution < 1.29 is 4.79 Å². The topological polar surface area (TPSA) is 46.1 Å². The fourth-order valence-electron chi connectivity index (χ4n) is 1.38. The third-order valence-corrected chi connectivity index (χ3v) is 3.28. The number of amides is 1. The minimum absolute atomic E-state index is 0.0461. The van der Waals surface area contributed by atoms with E-state index in [1.54, 1.807) is 16.6 Å². The molecule has 2 rings (SSSR count). The molecule has 0 saturated carbocycles. The number of rotatable bonds is 4. The number of carbonyl (C=O) groups excluding carboxylic acids is 1. The molecule has 0 aliphatic rings. The molecule has 18 heavy (non-hydrogen) atoms. The molecule has 0 aliphatic carbocycles. The van der Waals surface area contributed by atoms with Crippen molar-refractivity contribution in [3.8, 4) is 0 Å². The molecule has 0 spiro atoms. The van der Waals surface area contributed by atoms with Gasteiger partial charge in [-0.05, 0) is 18.2 Å². The lowest BCUT2D eigenvalue weighted by atomic mass is 10.3. The first-order chi connectivity index (χ1) is 8.81. The molecule has 1 amide bonds. The van der Waals surface area contributed by atoms with Gasteiger partial charge in [-0.3, -0.25) is 4.79 Å². The summed E-state index contributed by atoms with van der Waals surface area (Å²) in [5.74, 6) is 0.0461. The molecule has 0 saturated heterocycles. The van der Waals surface area contributed by atoms with Gasteiger partial charge in [0.05, 0.1) is 5.69 Å². The molecule has 2 aromatic rings.